The molecule has 1 heterocycles. The van der Waals surface area contributed by atoms with Crippen molar-refractivity contribution in [3.8, 4) is 17.1 Å². The summed E-state index contributed by atoms with van der Waals surface area (Å²) in [5.41, 5.74) is 1.99. The number of aromatic hydroxyl groups is 1. The third-order valence-corrected chi connectivity index (χ3v) is 3.60. The van der Waals surface area contributed by atoms with Gasteiger partial charge in [0.05, 0.1) is 16.6 Å². The Kier molecular flexibility index (Phi) is 3.33. The second kappa shape index (κ2) is 5.04. The summed E-state index contributed by atoms with van der Waals surface area (Å²) < 4.78 is 15.5. The lowest BCUT2D eigenvalue weighted by Crippen LogP contribution is -2.03. The second-order valence-corrected chi connectivity index (χ2v) is 5.63. The highest BCUT2D eigenvalue weighted by atomic mass is 35.5. The number of nitrogens with zero attached hydrogens (tertiary/aromatic N) is 2. The summed E-state index contributed by atoms with van der Waals surface area (Å²) in [5.74, 6) is 0.113. The molecule has 1 aromatic heterocycles. The van der Waals surface area contributed by atoms with E-state index in [1.165, 1.54) is 18.2 Å². The van der Waals surface area contributed by atoms with Gasteiger partial charge in [-0.2, -0.15) is 0 Å². The van der Waals surface area contributed by atoms with Crippen LogP contribution in [0.3, 0.4) is 0 Å². The van der Waals surface area contributed by atoms with Crippen molar-refractivity contribution in [2.24, 2.45) is 0 Å². The van der Waals surface area contributed by atoms with Crippen molar-refractivity contribution < 1.29 is 9.50 Å². The van der Waals surface area contributed by atoms with E-state index in [2.05, 4.69) is 4.98 Å². The second-order valence-electron chi connectivity index (χ2n) is 5.19. The van der Waals surface area contributed by atoms with Crippen molar-refractivity contribution in [1.29, 1.82) is 0 Å². The molecule has 21 heavy (non-hydrogen) atoms. The van der Waals surface area contributed by atoms with E-state index < -0.39 is 5.82 Å². The normalized spacial score (nSPS) is 11.5. The van der Waals surface area contributed by atoms with Gasteiger partial charge in [-0.1, -0.05) is 11.6 Å². The van der Waals surface area contributed by atoms with E-state index in [-0.39, 0.29) is 11.8 Å². The van der Waals surface area contributed by atoms with Crippen molar-refractivity contribution in [1.82, 2.24) is 9.55 Å². The molecule has 0 unspecified atom stereocenters. The molecule has 0 spiro atoms. The van der Waals surface area contributed by atoms with Gasteiger partial charge in [-0.05, 0) is 50.2 Å². The molecule has 0 saturated heterocycles. The molecule has 5 heteroatoms. The van der Waals surface area contributed by atoms with Crippen LogP contribution in [-0.4, -0.2) is 14.7 Å². The largest absolute Gasteiger partial charge is 0.507 e. The Bertz CT molecular complexity index is 827. The topological polar surface area (TPSA) is 38.0 Å². The summed E-state index contributed by atoms with van der Waals surface area (Å²) >= 11 is 6.00. The molecule has 0 aliphatic rings. The molecule has 3 aromatic rings. The predicted molar refractivity (Wildman–Crippen MR) is 82.2 cm³/mol. The molecule has 0 aliphatic heterocycles. The van der Waals surface area contributed by atoms with E-state index in [1.807, 2.05) is 24.5 Å². The average molecular weight is 305 g/mol. The molecule has 0 aliphatic carbocycles. The zero-order valence-electron chi connectivity index (χ0n) is 11.6. The molecule has 0 radical (unpaired) electrons. The number of rotatable bonds is 2. The van der Waals surface area contributed by atoms with Crippen LogP contribution in [0.1, 0.15) is 19.9 Å². The fraction of sp³-hybridized carbons (Fsp3) is 0.188. The fourth-order valence-electron chi connectivity index (χ4n) is 2.47. The molecule has 0 bridgehead atoms. The van der Waals surface area contributed by atoms with Gasteiger partial charge in [0, 0.05) is 11.1 Å². The fourth-order valence-corrected chi connectivity index (χ4v) is 2.64. The molecule has 1 N–H and O–H groups in total. The Hall–Kier alpha value is -2.07. The molecule has 3 rings (SSSR count). The Balaban J connectivity index is 2.36. The number of phenols is 1. The third kappa shape index (κ3) is 2.36. The summed E-state index contributed by atoms with van der Waals surface area (Å²) in [7, 11) is 0. The summed E-state index contributed by atoms with van der Waals surface area (Å²) in [4.78, 5) is 4.52. The highest BCUT2D eigenvalue weighted by Gasteiger charge is 2.18. The van der Waals surface area contributed by atoms with Crippen LogP contribution in [-0.2, 0) is 0 Å². The van der Waals surface area contributed by atoms with Gasteiger partial charge in [-0.15, -0.1) is 0 Å². The van der Waals surface area contributed by atoms with E-state index in [0.717, 1.165) is 11.0 Å². The summed E-state index contributed by atoms with van der Waals surface area (Å²) in [6, 6.07) is 9.38. The first kappa shape index (κ1) is 13.9. The van der Waals surface area contributed by atoms with Gasteiger partial charge in [0.2, 0.25) is 0 Å². The quantitative estimate of drug-likeness (QED) is 0.739. The maximum Gasteiger partial charge on any atom is 0.145 e. The maximum absolute atomic E-state index is 13.5. The third-order valence-electron chi connectivity index (χ3n) is 3.37. The van der Waals surface area contributed by atoms with E-state index in [1.54, 1.807) is 12.1 Å². The summed E-state index contributed by atoms with van der Waals surface area (Å²) in [6.07, 6.45) is 0. The van der Waals surface area contributed by atoms with E-state index in [9.17, 15) is 9.50 Å². The first-order valence-electron chi connectivity index (χ1n) is 6.63. The molecule has 0 amide bonds. The molecule has 108 valence electrons. The van der Waals surface area contributed by atoms with Gasteiger partial charge in [0.25, 0.3) is 0 Å². The van der Waals surface area contributed by atoms with Crippen LogP contribution in [0.2, 0.25) is 5.02 Å². The van der Waals surface area contributed by atoms with E-state index in [0.29, 0.717) is 16.4 Å². The van der Waals surface area contributed by atoms with Gasteiger partial charge in [0.15, 0.2) is 0 Å². The van der Waals surface area contributed by atoms with Crippen LogP contribution in [0.5, 0.6) is 5.75 Å². The molecular weight excluding hydrogens is 291 g/mol. The Morgan fingerprint density at radius 3 is 2.67 bits per heavy atom. The smallest absolute Gasteiger partial charge is 0.145 e. The minimum Gasteiger partial charge on any atom is -0.507 e. The van der Waals surface area contributed by atoms with Crippen LogP contribution in [0, 0.1) is 5.82 Å². The Morgan fingerprint density at radius 1 is 1.19 bits per heavy atom. The summed E-state index contributed by atoms with van der Waals surface area (Å²) in [6.45, 7) is 4.02. The number of phenolic OH excluding ortho intramolecular Hbond substituents is 1. The zero-order valence-corrected chi connectivity index (χ0v) is 12.4. The molecular formula is C16H14ClFN2O. The van der Waals surface area contributed by atoms with Crippen LogP contribution >= 0.6 is 11.6 Å². The number of benzene rings is 2. The zero-order chi connectivity index (χ0) is 15.1. The number of aromatic nitrogens is 2. The lowest BCUT2D eigenvalue weighted by Gasteiger charge is -2.14. The molecule has 0 fully saturated rings. The maximum atomic E-state index is 13.5. The van der Waals surface area contributed by atoms with Crippen molar-refractivity contribution in [3.05, 3.63) is 47.2 Å². The minimum atomic E-state index is -0.414. The SMILES string of the molecule is CC(C)n1c(-c2cc(F)ccc2O)nc2cc(Cl)ccc21. The van der Waals surface area contributed by atoms with Crippen molar-refractivity contribution in [2.75, 3.05) is 0 Å². The first-order chi connectivity index (χ1) is 9.97. The number of hydrogen-bond donors (Lipinski definition) is 1. The first-order valence-corrected chi connectivity index (χ1v) is 7.01. The molecule has 0 saturated carbocycles. The minimum absolute atomic E-state index is 0.000275. The van der Waals surface area contributed by atoms with Crippen molar-refractivity contribution in [2.45, 2.75) is 19.9 Å². The highest BCUT2D eigenvalue weighted by Crippen LogP contribution is 2.34. The van der Waals surface area contributed by atoms with E-state index >= 15 is 0 Å². The van der Waals surface area contributed by atoms with Gasteiger partial charge in [-0.3, -0.25) is 0 Å². The van der Waals surface area contributed by atoms with Gasteiger partial charge in [0.1, 0.15) is 17.4 Å². The average Bonchev–Trinajstić information content (AvgIpc) is 2.79. The van der Waals surface area contributed by atoms with Crippen LogP contribution in [0.25, 0.3) is 22.4 Å². The number of halogens is 2. The van der Waals surface area contributed by atoms with Crippen molar-refractivity contribution >= 4 is 22.6 Å². The Labute approximate surface area is 126 Å². The van der Waals surface area contributed by atoms with Gasteiger partial charge < -0.3 is 9.67 Å². The number of fused-ring (bicyclic) bond motifs is 1. The predicted octanol–water partition coefficient (Wildman–Crippen LogP) is 4.78. The number of imidazole rings is 1. The Morgan fingerprint density at radius 2 is 1.95 bits per heavy atom. The highest BCUT2D eigenvalue weighted by molar-refractivity contribution is 6.31. The van der Waals surface area contributed by atoms with Crippen LogP contribution in [0.15, 0.2) is 36.4 Å². The summed E-state index contributed by atoms with van der Waals surface area (Å²) in [5, 5.41) is 10.6. The van der Waals surface area contributed by atoms with Crippen molar-refractivity contribution in [3.63, 3.8) is 0 Å². The van der Waals surface area contributed by atoms with Crippen LogP contribution in [0.4, 0.5) is 4.39 Å². The molecule has 2 aromatic carbocycles. The lowest BCUT2D eigenvalue weighted by molar-refractivity contribution is 0.474. The molecule has 0 atom stereocenters. The number of hydrogen-bond acceptors (Lipinski definition) is 2. The van der Waals surface area contributed by atoms with Gasteiger partial charge in [-0.25, -0.2) is 9.37 Å². The molecule has 3 nitrogen and oxygen atoms in total. The standard InChI is InChI=1S/C16H14ClFN2O/c1-9(2)20-14-5-3-10(17)7-13(14)19-16(20)12-8-11(18)4-6-15(12)21/h3-9,21H,1-2H3. The lowest BCUT2D eigenvalue weighted by atomic mass is 10.1. The monoisotopic (exact) mass is 304 g/mol. The van der Waals surface area contributed by atoms with E-state index in [4.69, 9.17) is 11.6 Å². The van der Waals surface area contributed by atoms with Gasteiger partial charge >= 0.3 is 0 Å². The van der Waals surface area contributed by atoms with Crippen LogP contribution < -0.4 is 0 Å².